The van der Waals surface area contributed by atoms with Gasteiger partial charge >= 0.3 is 6.18 Å². The summed E-state index contributed by atoms with van der Waals surface area (Å²) >= 11 is 0. The predicted octanol–water partition coefficient (Wildman–Crippen LogP) is 4.14. The minimum absolute atomic E-state index is 0.0208. The van der Waals surface area contributed by atoms with E-state index in [1.807, 2.05) is 32.0 Å². The zero-order valence-electron chi connectivity index (χ0n) is 17.4. The molecule has 0 atom stereocenters. The van der Waals surface area contributed by atoms with E-state index in [0.29, 0.717) is 11.4 Å². The lowest BCUT2D eigenvalue weighted by Crippen LogP contribution is -2.43. The lowest BCUT2D eigenvalue weighted by molar-refractivity contribution is -0.123. The van der Waals surface area contributed by atoms with Crippen LogP contribution in [0.4, 0.5) is 13.2 Å². The Morgan fingerprint density at radius 1 is 1.16 bits per heavy atom. The van der Waals surface area contributed by atoms with E-state index in [0.717, 1.165) is 17.5 Å². The van der Waals surface area contributed by atoms with Gasteiger partial charge in [0.2, 0.25) is 0 Å². The molecule has 0 unspecified atom stereocenters. The fraction of sp³-hybridized carbons (Fsp3) is 0.304. The first-order valence-corrected chi connectivity index (χ1v) is 9.64. The molecule has 3 rings (SSSR count). The van der Waals surface area contributed by atoms with E-state index < -0.39 is 18.6 Å². The zero-order valence-corrected chi connectivity index (χ0v) is 17.4. The molecule has 31 heavy (non-hydrogen) atoms. The van der Waals surface area contributed by atoms with Gasteiger partial charge in [-0.1, -0.05) is 18.2 Å². The highest BCUT2D eigenvalue weighted by atomic mass is 19.4. The van der Waals surface area contributed by atoms with Gasteiger partial charge in [0, 0.05) is 34.0 Å². The average Bonchev–Trinajstić information content (AvgIpc) is 2.70. The second kappa shape index (κ2) is 8.45. The van der Waals surface area contributed by atoms with Crippen LogP contribution in [0.2, 0.25) is 0 Å². The van der Waals surface area contributed by atoms with E-state index in [1.54, 1.807) is 12.4 Å². The number of halogens is 3. The second-order valence-corrected chi connectivity index (χ2v) is 8.01. The number of ether oxygens (including phenoxy) is 1. The summed E-state index contributed by atoms with van der Waals surface area (Å²) in [6.45, 7) is 2.60. The standard InChI is InChI=1S/C23H23F3N2O3/c1-22(2)12-16-7-8-17(31-3)10-18(16)19(28-22)11-20(29)14-5-4-6-15(9-14)21(30)27-13-23(24,25)26/h4-11,28H,12-13H2,1-3H3,(H,27,30). The van der Waals surface area contributed by atoms with Crippen molar-refractivity contribution in [2.24, 2.45) is 0 Å². The summed E-state index contributed by atoms with van der Waals surface area (Å²) in [4.78, 5) is 24.9. The largest absolute Gasteiger partial charge is 0.497 e. The third-order valence-electron chi connectivity index (χ3n) is 4.85. The van der Waals surface area contributed by atoms with Crippen LogP contribution < -0.4 is 15.4 Å². The second-order valence-electron chi connectivity index (χ2n) is 8.01. The van der Waals surface area contributed by atoms with E-state index >= 15 is 0 Å². The van der Waals surface area contributed by atoms with Crippen LogP contribution in [0.25, 0.3) is 5.70 Å². The highest BCUT2D eigenvalue weighted by molar-refractivity contribution is 6.10. The summed E-state index contributed by atoms with van der Waals surface area (Å²) in [5.41, 5.74) is 2.40. The van der Waals surface area contributed by atoms with Gasteiger partial charge in [0.15, 0.2) is 5.78 Å². The van der Waals surface area contributed by atoms with Gasteiger partial charge in [-0.15, -0.1) is 0 Å². The third kappa shape index (κ3) is 5.65. The maximum Gasteiger partial charge on any atom is 0.405 e. The van der Waals surface area contributed by atoms with Crippen molar-refractivity contribution < 1.29 is 27.5 Å². The van der Waals surface area contributed by atoms with Crippen molar-refractivity contribution in [3.8, 4) is 5.75 Å². The fourth-order valence-corrected chi connectivity index (χ4v) is 3.46. The molecule has 0 aromatic heterocycles. The number of rotatable bonds is 5. The highest BCUT2D eigenvalue weighted by Crippen LogP contribution is 2.32. The molecule has 0 saturated heterocycles. The topological polar surface area (TPSA) is 67.4 Å². The van der Waals surface area contributed by atoms with Crippen molar-refractivity contribution in [1.82, 2.24) is 10.6 Å². The quantitative estimate of drug-likeness (QED) is 0.551. The average molecular weight is 432 g/mol. The molecule has 1 amide bonds. The van der Waals surface area contributed by atoms with Gasteiger partial charge in [-0.2, -0.15) is 13.2 Å². The lowest BCUT2D eigenvalue weighted by Gasteiger charge is -2.35. The molecule has 8 heteroatoms. The number of carbonyl (C=O) groups is 2. The van der Waals surface area contributed by atoms with E-state index in [2.05, 4.69) is 5.32 Å². The van der Waals surface area contributed by atoms with Crippen molar-refractivity contribution in [1.29, 1.82) is 0 Å². The molecule has 0 spiro atoms. The zero-order chi connectivity index (χ0) is 22.8. The van der Waals surface area contributed by atoms with E-state index in [-0.39, 0.29) is 22.4 Å². The van der Waals surface area contributed by atoms with Gasteiger partial charge in [-0.3, -0.25) is 9.59 Å². The number of hydrogen-bond donors (Lipinski definition) is 2. The molecule has 1 heterocycles. The summed E-state index contributed by atoms with van der Waals surface area (Å²) in [6.07, 6.45) is -2.32. The summed E-state index contributed by atoms with van der Waals surface area (Å²) in [6, 6.07) is 11.3. The molecule has 5 nitrogen and oxygen atoms in total. The Labute approximate surface area is 178 Å². The number of nitrogens with one attached hydrogen (secondary N) is 2. The molecule has 1 aliphatic rings. The molecule has 1 aliphatic heterocycles. The molecule has 0 aliphatic carbocycles. The van der Waals surface area contributed by atoms with Crippen LogP contribution in [-0.2, 0) is 6.42 Å². The molecule has 0 saturated carbocycles. The molecule has 2 aromatic carbocycles. The van der Waals surface area contributed by atoms with Crippen LogP contribution in [0.1, 0.15) is 45.7 Å². The molecule has 0 bridgehead atoms. The Morgan fingerprint density at radius 3 is 2.55 bits per heavy atom. The fourth-order valence-electron chi connectivity index (χ4n) is 3.46. The van der Waals surface area contributed by atoms with Crippen LogP contribution in [0, 0.1) is 0 Å². The van der Waals surface area contributed by atoms with E-state index in [4.69, 9.17) is 4.74 Å². The number of ketones is 1. The van der Waals surface area contributed by atoms with Crippen molar-refractivity contribution in [2.45, 2.75) is 32.0 Å². The van der Waals surface area contributed by atoms with Crippen molar-refractivity contribution in [3.05, 3.63) is 70.8 Å². The number of carbonyl (C=O) groups excluding carboxylic acids is 2. The predicted molar refractivity (Wildman–Crippen MR) is 111 cm³/mol. The summed E-state index contributed by atoms with van der Waals surface area (Å²) in [5, 5.41) is 5.16. The number of benzene rings is 2. The van der Waals surface area contributed by atoms with Crippen LogP contribution in [0.15, 0.2) is 48.5 Å². The molecular formula is C23H23F3N2O3. The summed E-state index contributed by atoms with van der Waals surface area (Å²) < 4.78 is 42.3. The first-order chi connectivity index (χ1) is 14.5. The normalized spacial score (nSPS) is 16.3. The molecule has 164 valence electrons. The lowest BCUT2D eigenvalue weighted by atomic mass is 9.85. The van der Waals surface area contributed by atoms with Gasteiger partial charge in [0.25, 0.3) is 5.91 Å². The molecule has 2 N–H and O–H groups in total. The van der Waals surface area contributed by atoms with Gasteiger partial charge in [-0.25, -0.2) is 0 Å². The van der Waals surface area contributed by atoms with Crippen LogP contribution in [0.3, 0.4) is 0 Å². The molecule has 0 radical (unpaired) electrons. The van der Waals surface area contributed by atoms with Crippen molar-refractivity contribution in [3.63, 3.8) is 0 Å². The van der Waals surface area contributed by atoms with E-state index in [9.17, 15) is 22.8 Å². The summed E-state index contributed by atoms with van der Waals surface area (Å²) in [5.74, 6) is -0.618. The highest BCUT2D eigenvalue weighted by Gasteiger charge is 2.29. The minimum Gasteiger partial charge on any atom is -0.497 e. The van der Waals surface area contributed by atoms with Gasteiger partial charge < -0.3 is 15.4 Å². The Bertz CT molecular complexity index is 1040. The minimum atomic E-state index is -4.51. The van der Waals surface area contributed by atoms with Gasteiger partial charge in [0.05, 0.1) is 7.11 Å². The van der Waals surface area contributed by atoms with Gasteiger partial charge in [-0.05, 0) is 50.1 Å². The van der Waals surface area contributed by atoms with Crippen LogP contribution in [-0.4, -0.2) is 37.1 Å². The molecule has 2 aromatic rings. The molecular weight excluding hydrogens is 409 g/mol. The third-order valence-corrected chi connectivity index (χ3v) is 4.85. The smallest absolute Gasteiger partial charge is 0.405 e. The Morgan fingerprint density at radius 2 is 1.87 bits per heavy atom. The first kappa shape index (κ1) is 22.4. The Hall–Kier alpha value is -3.29. The number of allylic oxidation sites excluding steroid dienone is 1. The van der Waals surface area contributed by atoms with Crippen molar-refractivity contribution >= 4 is 17.4 Å². The number of amides is 1. The Kier molecular flexibility index (Phi) is 6.10. The monoisotopic (exact) mass is 432 g/mol. The number of alkyl halides is 3. The van der Waals surface area contributed by atoms with Crippen LogP contribution >= 0.6 is 0 Å². The molecule has 0 fully saturated rings. The Balaban J connectivity index is 1.89. The number of methoxy groups -OCH3 is 1. The maximum atomic E-state index is 12.9. The first-order valence-electron chi connectivity index (χ1n) is 9.64. The maximum absolute atomic E-state index is 12.9. The van der Waals surface area contributed by atoms with Crippen molar-refractivity contribution in [2.75, 3.05) is 13.7 Å². The summed E-state index contributed by atoms with van der Waals surface area (Å²) in [7, 11) is 1.56. The van der Waals surface area contributed by atoms with Gasteiger partial charge in [0.1, 0.15) is 12.3 Å². The number of hydrogen-bond acceptors (Lipinski definition) is 4. The SMILES string of the molecule is COc1ccc2c(c1)C(=CC(=O)c1cccc(C(=O)NCC(F)(F)F)c1)NC(C)(C)C2. The van der Waals surface area contributed by atoms with Crippen LogP contribution in [0.5, 0.6) is 5.75 Å². The van der Waals surface area contributed by atoms with E-state index in [1.165, 1.54) is 30.3 Å². The number of fused-ring (bicyclic) bond motifs is 1.